The van der Waals surface area contributed by atoms with Gasteiger partial charge in [-0.25, -0.2) is 0 Å². The van der Waals surface area contributed by atoms with Crippen molar-refractivity contribution in [3.63, 3.8) is 0 Å². The van der Waals surface area contributed by atoms with Crippen molar-refractivity contribution in [3.8, 4) is 0 Å². The van der Waals surface area contributed by atoms with Gasteiger partial charge in [0.2, 0.25) is 5.91 Å². The Hall–Kier alpha value is -0.430. The lowest BCUT2D eigenvalue weighted by molar-refractivity contribution is -0.122. The predicted molar refractivity (Wildman–Crippen MR) is 88.1 cm³/mol. The second-order valence-corrected chi connectivity index (χ2v) is 5.78. The van der Waals surface area contributed by atoms with Crippen molar-refractivity contribution >= 4 is 42.5 Å². The first-order chi connectivity index (χ1) is 8.74. The van der Waals surface area contributed by atoms with Gasteiger partial charge in [0, 0.05) is 48.9 Å². The van der Waals surface area contributed by atoms with Gasteiger partial charge in [-0.2, -0.15) is 16.9 Å². The normalized spacial score (nSPS) is 19.4. The zero-order chi connectivity index (χ0) is 12.8. The van der Waals surface area contributed by atoms with Crippen LogP contribution in [0.1, 0.15) is 13.3 Å². The van der Waals surface area contributed by atoms with Gasteiger partial charge in [-0.3, -0.25) is 9.48 Å². The van der Waals surface area contributed by atoms with Crippen LogP contribution in [0.2, 0.25) is 0 Å². The molecule has 0 saturated carbocycles. The summed E-state index contributed by atoms with van der Waals surface area (Å²) in [6.45, 7) is 3.72. The van der Waals surface area contributed by atoms with Gasteiger partial charge < -0.3 is 10.6 Å². The van der Waals surface area contributed by atoms with Crippen LogP contribution >= 0.6 is 36.6 Å². The Morgan fingerprint density at radius 1 is 1.60 bits per heavy atom. The molecule has 116 valence electrons. The van der Waals surface area contributed by atoms with E-state index in [9.17, 15) is 4.79 Å². The number of carbonyl (C=O) groups excluding carboxylic acids is 1. The predicted octanol–water partition coefficient (Wildman–Crippen LogP) is 1.33. The van der Waals surface area contributed by atoms with Gasteiger partial charge in [0.1, 0.15) is 0 Å². The molecule has 1 aliphatic rings. The van der Waals surface area contributed by atoms with Crippen LogP contribution < -0.4 is 10.6 Å². The summed E-state index contributed by atoms with van der Waals surface area (Å²) < 4.78 is 1.83. The van der Waals surface area contributed by atoms with Crippen molar-refractivity contribution in [1.82, 2.24) is 20.4 Å². The molecule has 8 heteroatoms. The molecule has 1 aliphatic heterocycles. The highest BCUT2D eigenvalue weighted by molar-refractivity contribution is 7.99. The largest absolute Gasteiger partial charge is 0.352 e. The van der Waals surface area contributed by atoms with Crippen LogP contribution in [-0.2, 0) is 11.3 Å². The van der Waals surface area contributed by atoms with Crippen molar-refractivity contribution in [2.75, 3.05) is 18.1 Å². The highest BCUT2D eigenvalue weighted by Gasteiger charge is 2.17. The summed E-state index contributed by atoms with van der Waals surface area (Å²) >= 11 is 1.91. The van der Waals surface area contributed by atoms with Crippen LogP contribution in [-0.4, -0.2) is 45.8 Å². The molecule has 0 bridgehead atoms. The summed E-state index contributed by atoms with van der Waals surface area (Å²) in [7, 11) is 0. The zero-order valence-electron chi connectivity index (χ0n) is 11.4. The summed E-state index contributed by atoms with van der Waals surface area (Å²) in [5, 5.41) is 10.5. The number of thioether (sulfide) groups is 1. The Balaban J connectivity index is 0.00000180. The Morgan fingerprint density at radius 2 is 2.40 bits per heavy atom. The Labute approximate surface area is 136 Å². The lowest BCUT2D eigenvalue weighted by atomic mass is 10.2. The average molecular weight is 341 g/mol. The second-order valence-electron chi connectivity index (χ2n) is 4.63. The van der Waals surface area contributed by atoms with Crippen LogP contribution in [0, 0.1) is 0 Å². The number of halogens is 2. The lowest BCUT2D eigenvalue weighted by Crippen LogP contribution is -2.43. The van der Waals surface area contributed by atoms with Crippen LogP contribution in [0.4, 0.5) is 0 Å². The fourth-order valence-corrected chi connectivity index (χ4v) is 2.99. The Bertz CT molecular complexity index is 372. The second kappa shape index (κ2) is 10.3. The third-order valence-corrected chi connectivity index (χ3v) is 3.99. The molecule has 2 rings (SSSR count). The number of rotatable bonds is 5. The molecule has 1 saturated heterocycles. The third kappa shape index (κ3) is 6.83. The van der Waals surface area contributed by atoms with Gasteiger partial charge in [0.05, 0.1) is 6.54 Å². The van der Waals surface area contributed by atoms with E-state index in [-0.39, 0.29) is 36.8 Å². The summed E-state index contributed by atoms with van der Waals surface area (Å²) in [4.78, 5) is 11.9. The van der Waals surface area contributed by atoms with E-state index < -0.39 is 0 Å². The molecular weight excluding hydrogens is 319 g/mol. The quantitative estimate of drug-likeness (QED) is 0.848. The average Bonchev–Trinajstić information content (AvgIpc) is 2.82. The van der Waals surface area contributed by atoms with E-state index in [4.69, 9.17) is 0 Å². The summed E-state index contributed by atoms with van der Waals surface area (Å²) in [6, 6.07) is 2.31. The maximum Gasteiger partial charge on any atom is 0.221 e. The minimum Gasteiger partial charge on any atom is -0.352 e. The van der Waals surface area contributed by atoms with Crippen LogP contribution in [0.25, 0.3) is 0 Å². The van der Waals surface area contributed by atoms with Gasteiger partial charge in [-0.1, -0.05) is 0 Å². The summed E-state index contributed by atoms with van der Waals surface area (Å²) in [5.74, 6) is 2.30. The van der Waals surface area contributed by atoms with Gasteiger partial charge in [-0.05, 0) is 13.0 Å². The first-order valence-electron chi connectivity index (χ1n) is 6.32. The topological polar surface area (TPSA) is 59.0 Å². The smallest absolute Gasteiger partial charge is 0.221 e. The van der Waals surface area contributed by atoms with Crippen molar-refractivity contribution < 1.29 is 4.79 Å². The first kappa shape index (κ1) is 19.6. The van der Waals surface area contributed by atoms with Gasteiger partial charge in [0.15, 0.2) is 0 Å². The standard InChI is InChI=1S/C12H20N4OS.2ClH/c1-10(8-16-5-2-3-14-16)15-12(17)7-11-9-18-6-4-13-11;;/h2-3,5,10-11,13H,4,6-9H2,1H3,(H,15,17);2*1H. The molecule has 2 atom stereocenters. The molecule has 0 radical (unpaired) electrons. The van der Waals surface area contributed by atoms with E-state index in [1.807, 2.05) is 35.6 Å². The van der Waals surface area contributed by atoms with E-state index in [0.717, 1.165) is 18.1 Å². The van der Waals surface area contributed by atoms with Crippen molar-refractivity contribution in [3.05, 3.63) is 18.5 Å². The van der Waals surface area contributed by atoms with Crippen molar-refractivity contribution in [2.24, 2.45) is 0 Å². The van der Waals surface area contributed by atoms with Gasteiger partial charge in [-0.15, -0.1) is 24.8 Å². The minimum absolute atomic E-state index is 0. The number of carbonyl (C=O) groups is 1. The number of nitrogens with zero attached hydrogens (tertiary/aromatic N) is 2. The molecular formula is C12H22Cl2N4OS. The molecule has 20 heavy (non-hydrogen) atoms. The molecule has 1 fully saturated rings. The lowest BCUT2D eigenvalue weighted by Gasteiger charge is -2.23. The molecule has 1 aromatic rings. The van der Waals surface area contributed by atoms with Gasteiger partial charge >= 0.3 is 0 Å². The zero-order valence-corrected chi connectivity index (χ0v) is 13.9. The molecule has 0 spiro atoms. The number of hydrogen-bond donors (Lipinski definition) is 2. The van der Waals surface area contributed by atoms with Crippen molar-refractivity contribution in [2.45, 2.75) is 32.0 Å². The number of hydrogen-bond acceptors (Lipinski definition) is 4. The number of amides is 1. The molecule has 0 aliphatic carbocycles. The SMILES string of the molecule is CC(Cn1cccn1)NC(=O)CC1CSCCN1.Cl.Cl. The maximum absolute atomic E-state index is 11.9. The van der Waals surface area contributed by atoms with E-state index in [2.05, 4.69) is 15.7 Å². The molecule has 1 aromatic heterocycles. The summed E-state index contributed by atoms with van der Waals surface area (Å²) in [5.41, 5.74) is 0. The molecule has 1 amide bonds. The van der Waals surface area contributed by atoms with Crippen LogP contribution in [0.5, 0.6) is 0 Å². The van der Waals surface area contributed by atoms with E-state index in [1.165, 1.54) is 0 Å². The molecule has 5 nitrogen and oxygen atoms in total. The Kier molecular flexibility index (Phi) is 10.1. The highest BCUT2D eigenvalue weighted by Crippen LogP contribution is 2.10. The number of aromatic nitrogens is 2. The van der Waals surface area contributed by atoms with Crippen LogP contribution in [0.15, 0.2) is 18.5 Å². The number of nitrogens with one attached hydrogen (secondary N) is 2. The van der Waals surface area contributed by atoms with E-state index in [1.54, 1.807) is 6.20 Å². The van der Waals surface area contributed by atoms with Gasteiger partial charge in [0.25, 0.3) is 0 Å². The monoisotopic (exact) mass is 340 g/mol. The highest BCUT2D eigenvalue weighted by atomic mass is 35.5. The third-order valence-electron chi connectivity index (χ3n) is 2.86. The van der Waals surface area contributed by atoms with Crippen molar-refractivity contribution in [1.29, 1.82) is 0 Å². The molecule has 2 heterocycles. The first-order valence-corrected chi connectivity index (χ1v) is 7.47. The van der Waals surface area contributed by atoms with E-state index in [0.29, 0.717) is 19.0 Å². The minimum atomic E-state index is 0. The summed E-state index contributed by atoms with van der Waals surface area (Å²) in [6.07, 6.45) is 4.22. The fourth-order valence-electron chi connectivity index (χ4n) is 2.04. The molecule has 2 N–H and O–H groups in total. The molecule has 0 aromatic carbocycles. The van der Waals surface area contributed by atoms with E-state index >= 15 is 0 Å². The fraction of sp³-hybridized carbons (Fsp3) is 0.667. The molecule has 2 unspecified atom stereocenters. The maximum atomic E-state index is 11.9. The van der Waals surface area contributed by atoms with Crippen LogP contribution in [0.3, 0.4) is 0 Å². The Morgan fingerprint density at radius 3 is 3.00 bits per heavy atom.